The van der Waals surface area contributed by atoms with Crippen LogP contribution in [0.5, 0.6) is 0 Å². The first-order valence-corrected chi connectivity index (χ1v) is 13.8. The molecule has 9 nitrogen and oxygen atoms in total. The minimum absolute atomic E-state index is 0.0178. The SMILES string of the molecule is O=c1oc2cc(S(=O)(=O)Nc3ncns3)ccc2n1CC1C=CC=C(c2ccc3c(c2)CNCC3)C1. The molecule has 1 aliphatic heterocycles. The van der Waals surface area contributed by atoms with E-state index in [0.29, 0.717) is 12.1 Å². The van der Waals surface area contributed by atoms with Crippen molar-refractivity contribution in [3.8, 4) is 0 Å². The van der Waals surface area contributed by atoms with Gasteiger partial charge >= 0.3 is 5.76 Å². The fourth-order valence-electron chi connectivity index (χ4n) is 4.78. The Balaban J connectivity index is 1.23. The first kappa shape index (κ1) is 22.9. The summed E-state index contributed by atoms with van der Waals surface area (Å²) in [5.41, 5.74) is 5.95. The van der Waals surface area contributed by atoms with Gasteiger partial charge in [-0.1, -0.05) is 30.4 Å². The van der Waals surface area contributed by atoms with Crippen LogP contribution in [0.2, 0.25) is 0 Å². The Morgan fingerprint density at radius 3 is 2.97 bits per heavy atom. The van der Waals surface area contributed by atoms with Gasteiger partial charge in [-0.15, -0.1) is 0 Å². The van der Waals surface area contributed by atoms with Crippen LogP contribution in [0.3, 0.4) is 0 Å². The van der Waals surface area contributed by atoms with E-state index in [9.17, 15) is 13.2 Å². The third-order valence-electron chi connectivity index (χ3n) is 6.58. The molecule has 2 N–H and O–H groups in total. The molecule has 1 aliphatic carbocycles. The average molecular weight is 522 g/mol. The van der Waals surface area contributed by atoms with Crippen molar-refractivity contribution in [2.24, 2.45) is 5.92 Å². The average Bonchev–Trinajstić information content (AvgIpc) is 3.50. The van der Waals surface area contributed by atoms with Gasteiger partial charge in [0.25, 0.3) is 10.0 Å². The second-order valence-corrected chi connectivity index (χ2v) is 11.4. The van der Waals surface area contributed by atoms with Crippen LogP contribution in [0.1, 0.15) is 23.1 Å². The van der Waals surface area contributed by atoms with Gasteiger partial charge in [-0.3, -0.25) is 9.29 Å². The van der Waals surface area contributed by atoms with Gasteiger partial charge in [0, 0.05) is 30.7 Å². The maximum atomic E-state index is 12.7. The first-order chi connectivity index (χ1) is 17.5. The molecular formula is C25H23N5O4S2. The molecular weight excluding hydrogens is 498 g/mol. The van der Waals surface area contributed by atoms with Gasteiger partial charge in [-0.05, 0) is 65.8 Å². The van der Waals surface area contributed by atoms with E-state index < -0.39 is 15.8 Å². The molecule has 0 spiro atoms. The van der Waals surface area contributed by atoms with E-state index in [1.165, 1.54) is 40.7 Å². The Kier molecular flexibility index (Phi) is 5.82. The third-order valence-corrected chi connectivity index (χ3v) is 8.62. The van der Waals surface area contributed by atoms with Crippen LogP contribution in [0.25, 0.3) is 16.7 Å². The fourth-order valence-corrected chi connectivity index (χ4v) is 6.46. The Morgan fingerprint density at radius 1 is 1.19 bits per heavy atom. The highest BCUT2D eigenvalue weighted by Gasteiger charge is 2.21. The summed E-state index contributed by atoms with van der Waals surface area (Å²) in [6.07, 6.45) is 9.38. The molecule has 11 heteroatoms. The lowest BCUT2D eigenvalue weighted by molar-refractivity contribution is 0.465. The molecule has 0 saturated carbocycles. The predicted molar refractivity (Wildman–Crippen MR) is 138 cm³/mol. The topological polar surface area (TPSA) is 119 Å². The van der Waals surface area contributed by atoms with Crippen molar-refractivity contribution < 1.29 is 12.8 Å². The quantitative estimate of drug-likeness (QED) is 0.398. The van der Waals surface area contributed by atoms with Gasteiger partial charge in [0.1, 0.15) is 6.33 Å². The van der Waals surface area contributed by atoms with Crippen molar-refractivity contribution in [2.45, 2.75) is 30.8 Å². The van der Waals surface area contributed by atoms with Gasteiger partial charge in [-0.2, -0.15) is 4.37 Å². The molecule has 6 rings (SSSR count). The number of anilines is 1. The number of benzene rings is 2. The molecule has 1 atom stereocenters. The molecule has 4 aromatic rings. The number of hydrogen-bond donors (Lipinski definition) is 2. The maximum absolute atomic E-state index is 12.7. The lowest BCUT2D eigenvalue weighted by Crippen LogP contribution is -2.23. The number of fused-ring (bicyclic) bond motifs is 2. The Morgan fingerprint density at radius 2 is 2.11 bits per heavy atom. The zero-order valence-electron chi connectivity index (χ0n) is 19.2. The standard InChI is InChI=1S/C25H23N5O4S2/c31-25-30(22-7-6-21(12-23(22)34-25)36(32,33)29-24-27-15-28-35-24)14-16-2-1-3-18(10-16)19-5-4-17-8-9-26-13-20(17)11-19/h1-7,11-12,15-16,26H,8-10,13-14H2,(H,27,28,29). The van der Waals surface area contributed by atoms with E-state index >= 15 is 0 Å². The van der Waals surface area contributed by atoms with E-state index in [0.717, 1.165) is 37.5 Å². The van der Waals surface area contributed by atoms with Crippen LogP contribution in [-0.4, -0.2) is 28.9 Å². The van der Waals surface area contributed by atoms with Gasteiger partial charge in [0.15, 0.2) is 5.58 Å². The third kappa shape index (κ3) is 4.41. The van der Waals surface area contributed by atoms with Gasteiger partial charge in [-0.25, -0.2) is 18.2 Å². The Hall–Kier alpha value is -3.54. The van der Waals surface area contributed by atoms with E-state index in [1.807, 2.05) is 6.08 Å². The molecule has 0 amide bonds. The van der Waals surface area contributed by atoms with Gasteiger partial charge in [0.2, 0.25) is 5.13 Å². The highest BCUT2D eigenvalue weighted by molar-refractivity contribution is 7.93. The second kappa shape index (κ2) is 9.16. The zero-order chi connectivity index (χ0) is 24.7. The highest BCUT2D eigenvalue weighted by atomic mass is 32.2. The van der Waals surface area contributed by atoms with E-state index in [2.05, 4.69) is 49.7 Å². The summed E-state index contributed by atoms with van der Waals surface area (Å²) in [5, 5.41) is 3.59. The van der Waals surface area contributed by atoms with E-state index in [4.69, 9.17) is 4.42 Å². The molecule has 184 valence electrons. The van der Waals surface area contributed by atoms with Gasteiger partial charge in [0.05, 0.1) is 10.4 Å². The normalized spacial score (nSPS) is 17.7. The van der Waals surface area contributed by atoms with E-state index in [-0.39, 0.29) is 21.5 Å². The Labute approximate surface area is 211 Å². The molecule has 0 saturated heterocycles. The minimum Gasteiger partial charge on any atom is -0.408 e. The van der Waals surface area contributed by atoms with Crippen LogP contribution in [0.4, 0.5) is 5.13 Å². The van der Waals surface area contributed by atoms with Crippen LogP contribution < -0.4 is 15.8 Å². The number of aromatic nitrogens is 3. The smallest absolute Gasteiger partial charge is 0.408 e. The highest BCUT2D eigenvalue weighted by Crippen LogP contribution is 2.31. The molecule has 0 radical (unpaired) electrons. The number of sulfonamides is 1. The molecule has 0 fully saturated rings. The number of nitrogens with zero attached hydrogens (tertiary/aromatic N) is 3. The number of oxazole rings is 1. The van der Waals surface area contributed by atoms with Crippen LogP contribution in [-0.2, 0) is 29.5 Å². The fraction of sp³-hybridized carbons (Fsp3) is 0.240. The van der Waals surface area contributed by atoms with Gasteiger partial charge < -0.3 is 9.73 Å². The monoisotopic (exact) mass is 521 g/mol. The number of nitrogens with one attached hydrogen (secondary N) is 2. The summed E-state index contributed by atoms with van der Waals surface area (Å²) in [6, 6.07) is 11.1. The van der Waals surface area contributed by atoms with Crippen LogP contribution in [0, 0.1) is 5.92 Å². The van der Waals surface area contributed by atoms with Crippen molar-refractivity contribution in [2.75, 3.05) is 11.3 Å². The minimum atomic E-state index is -3.89. The van der Waals surface area contributed by atoms with Crippen molar-refractivity contribution in [3.05, 3.63) is 88.2 Å². The first-order valence-electron chi connectivity index (χ1n) is 11.6. The predicted octanol–water partition coefficient (Wildman–Crippen LogP) is 3.55. The summed E-state index contributed by atoms with van der Waals surface area (Å²) in [5.74, 6) is -0.416. The van der Waals surface area contributed by atoms with Crippen molar-refractivity contribution >= 4 is 43.4 Å². The van der Waals surface area contributed by atoms with Crippen molar-refractivity contribution in [1.82, 2.24) is 19.2 Å². The number of allylic oxidation sites excluding steroid dienone is 4. The van der Waals surface area contributed by atoms with Crippen LogP contribution >= 0.6 is 11.5 Å². The second-order valence-electron chi connectivity index (χ2n) is 8.91. The summed E-state index contributed by atoms with van der Waals surface area (Å²) < 4.78 is 38.6. The molecule has 36 heavy (non-hydrogen) atoms. The summed E-state index contributed by atoms with van der Waals surface area (Å²) in [6.45, 7) is 2.34. The summed E-state index contributed by atoms with van der Waals surface area (Å²) in [4.78, 5) is 16.5. The van der Waals surface area contributed by atoms with Crippen LogP contribution in [0.15, 0.2) is 75.1 Å². The lowest BCUT2D eigenvalue weighted by atomic mass is 9.87. The molecule has 2 aromatic heterocycles. The van der Waals surface area contributed by atoms with Crippen molar-refractivity contribution in [3.63, 3.8) is 0 Å². The Bertz CT molecular complexity index is 1670. The summed E-state index contributed by atoms with van der Waals surface area (Å²) in [7, 11) is -3.89. The number of rotatable bonds is 6. The summed E-state index contributed by atoms with van der Waals surface area (Å²) >= 11 is 0.936. The zero-order valence-corrected chi connectivity index (χ0v) is 20.8. The maximum Gasteiger partial charge on any atom is 0.419 e. The lowest BCUT2D eigenvalue weighted by Gasteiger charge is -2.22. The molecule has 0 bridgehead atoms. The van der Waals surface area contributed by atoms with E-state index in [1.54, 1.807) is 10.6 Å². The number of hydrogen-bond acceptors (Lipinski definition) is 8. The molecule has 2 aromatic carbocycles. The molecule has 1 unspecified atom stereocenters. The van der Waals surface area contributed by atoms with Crippen molar-refractivity contribution in [1.29, 1.82) is 0 Å². The molecule has 2 aliphatic rings. The largest absolute Gasteiger partial charge is 0.419 e. The molecule has 3 heterocycles.